The largest absolute Gasteiger partial charge is 0.330 e. The maximum absolute atomic E-state index is 12.0. The van der Waals surface area contributed by atoms with Crippen molar-refractivity contribution in [3.8, 4) is 0 Å². The van der Waals surface area contributed by atoms with E-state index in [9.17, 15) is 14.4 Å². The lowest BCUT2D eigenvalue weighted by Crippen LogP contribution is -2.31. The second kappa shape index (κ2) is 5.16. The van der Waals surface area contributed by atoms with Crippen molar-refractivity contribution < 1.29 is 4.79 Å². The van der Waals surface area contributed by atoms with Crippen LogP contribution in [0.15, 0.2) is 52.2 Å². The van der Waals surface area contributed by atoms with Gasteiger partial charge in [0.15, 0.2) is 6.29 Å². The molecule has 1 aromatic carbocycles. The Bertz CT molecular complexity index is 926. The highest BCUT2D eigenvalue weighted by atomic mass is 16.2. The third-order valence-corrected chi connectivity index (χ3v) is 3.17. The van der Waals surface area contributed by atoms with E-state index in [0.29, 0.717) is 12.8 Å². The summed E-state index contributed by atoms with van der Waals surface area (Å²) in [5.41, 5.74) is 0.392. The second-order valence-electron chi connectivity index (χ2n) is 4.59. The van der Waals surface area contributed by atoms with Crippen LogP contribution in [0.1, 0.15) is 15.9 Å². The Balaban J connectivity index is 2.25. The molecule has 0 aliphatic carbocycles. The molecule has 1 N–H and O–H groups in total. The highest BCUT2D eigenvalue weighted by Gasteiger charge is 2.10. The Morgan fingerprint density at radius 1 is 1.19 bits per heavy atom. The molecule has 0 aliphatic heterocycles. The van der Waals surface area contributed by atoms with Crippen molar-refractivity contribution in [1.82, 2.24) is 14.5 Å². The number of aromatic amines is 1. The molecule has 0 amide bonds. The van der Waals surface area contributed by atoms with Gasteiger partial charge in [-0.3, -0.25) is 19.1 Å². The number of nitrogens with one attached hydrogen (secondary N) is 1. The van der Waals surface area contributed by atoms with Crippen LogP contribution in [0.2, 0.25) is 0 Å². The molecule has 0 fully saturated rings. The predicted molar refractivity (Wildman–Crippen MR) is 77.6 cm³/mol. The molecule has 3 rings (SSSR count). The lowest BCUT2D eigenvalue weighted by molar-refractivity contribution is 0.112. The summed E-state index contributed by atoms with van der Waals surface area (Å²) in [6.45, 7) is 0.292. The average molecular weight is 281 g/mol. The normalized spacial score (nSPS) is 10.7. The fraction of sp³-hybridized carbons (Fsp3) is 0.0667. The van der Waals surface area contributed by atoms with Gasteiger partial charge in [-0.15, -0.1) is 0 Å². The number of H-pyrrole nitrogens is 1. The SMILES string of the molecule is O=Cc1cnc2c(c1)c(=O)[nH]c(=O)n2Cc1ccccc1. The van der Waals surface area contributed by atoms with Crippen LogP contribution in [-0.2, 0) is 6.54 Å². The highest BCUT2D eigenvalue weighted by molar-refractivity contribution is 5.83. The fourth-order valence-electron chi connectivity index (χ4n) is 2.16. The molecule has 0 saturated carbocycles. The van der Waals surface area contributed by atoms with Crippen LogP contribution in [0.25, 0.3) is 11.0 Å². The molecule has 0 radical (unpaired) electrons. The molecule has 0 spiro atoms. The third kappa shape index (κ3) is 2.38. The number of aldehydes is 1. The van der Waals surface area contributed by atoms with Gasteiger partial charge in [0.1, 0.15) is 5.65 Å². The van der Waals surface area contributed by atoms with Gasteiger partial charge in [-0.1, -0.05) is 30.3 Å². The molecule has 0 bridgehead atoms. The van der Waals surface area contributed by atoms with Gasteiger partial charge in [0.05, 0.1) is 11.9 Å². The van der Waals surface area contributed by atoms with Crippen molar-refractivity contribution in [1.29, 1.82) is 0 Å². The molecule has 2 aromatic heterocycles. The molecular weight excluding hydrogens is 270 g/mol. The van der Waals surface area contributed by atoms with Gasteiger partial charge in [-0.05, 0) is 11.6 Å². The van der Waals surface area contributed by atoms with Crippen LogP contribution in [0.4, 0.5) is 0 Å². The Kier molecular flexibility index (Phi) is 3.19. The summed E-state index contributed by atoms with van der Waals surface area (Å²) in [7, 11) is 0. The number of carbonyl (C=O) groups is 1. The lowest BCUT2D eigenvalue weighted by Gasteiger charge is -2.08. The summed E-state index contributed by atoms with van der Waals surface area (Å²) in [4.78, 5) is 41.0. The first-order valence-electron chi connectivity index (χ1n) is 6.31. The van der Waals surface area contributed by atoms with Crippen LogP contribution < -0.4 is 11.2 Å². The van der Waals surface area contributed by atoms with Crippen LogP contribution in [-0.4, -0.2) is 20.8 Å². The minimum absolute atomic E-state index is 0.218. The van der Waals surface area contributed by atoms with E-state index in [1.54, 1.807) is 0 Å². The summed E-state index contributed by atoms with van der Waals surface area (Å²) in [5, 5.41) is 0.218. The van der Waals surface area contributed by atoms with Crippen LogP contribution in [0.5, 0.6) is 0 Å². The second-order valence-corrected chi connectivity index (χ2v) is 4.59. The summed E-state index contributed by atoms with van der Waals surface area (Å²) in [6.07, 6.45) is 1.95. The zero-order valence-electron chi connectivity index (χ0n) is 10.9. The average Bonchev–Trinajstić information content (AvgIpc) is 2.52. The standard InChI is InChI=1S/C15H11N3O3/c19-9-11-6-12-13(16-7-11)18(15(21)17-14(12)20)8-10-4-2-1-3-5-10/h1-7,9H,8H2,(H,17,20,21). The highest BCUT2D eigenvalue weighted by Crippen LogP contribution is 2.08. The Hall–Kier alpha value is -3.02. The van der Waals surface area contributed by atoms with Gasteiger partial charge < -0.3 is 0 Å². The van der Waals surface area contributed by atoms with E-state index in [4.69, 9.17) is 0 Å². The van der Waals surface area contributed by atoms with Gasteiger partial charge in [0.2, 0.25) is 0 Å². The van der Waals surface area contributed by atoms with Gasteiger partial charge in [0, 0.05) is 11.8 Å². The van der Waals surface area contributed by atoms with E-state index in [2.05, 4.69) is 9.97 Å². The molecule has 21 heavy (non-hydrogen) atoms. The first-order chi connectivity index (χ1) is 10.2. The maximum Gasteiger partial charge on any atom is 0.330 e. The third-order valence-electron chi connectivity index (χ3n) is 3.17. The van der Waals surface area contributed by atoms with E-state index in [1.165, 1.54) is 16.8 Å². The van der Waals surface area contributed by atoms with E-state index in [1.807, 2.05) is 30.3 Å². The summed E-state index contributed by atoms with van der Waals surface area (Å²) in [5.74, 6) is 0. The topological polar surface area (TPSA) is 84.8 Å². The molecule has 0 atom stereocenters. The number of nitrogens with zero attached hydrogens (tertiary/aromatic N) is 2. The van der Waals surface area contributed by atoms with E-state index >= 15 is 0 Å². The van der Waals surface area contributed by atoms with E-state index in [0.717, 1.165) is 5.56 Å². The molecule has 0 saturated heterocycles. The van der Waals surface area contributed by atoms with Crippen LogP contribution >= 0.6 is 0 Å². The molecular formula is C15H11N3O3. The Morgan fingerprint density at radius 3 is 2.67 bits per heavy atom. The summed E-state index contributed by atoms with van der Waals surface area (Å²) >= 11 is 0. The molecule has 104 valence electrons. The van der Waals surface area contributed by atoms with Gasteiger partial charge in [-0.2, -0.15) is 0 Å². The van der Waals surface area contributed by atoms with Crippen LogP contribution in [0.3, 0.4) is 0 Å². The van der Waals surface area contributed by atoms with Crippen LogP contribution in [0, 0.1) is 0 Å². The predicted octanol–water partition coefficient (Wildman–Crippen LogP) is 0.946. The first kappa shape index (κ1) is 13.0. The number of benzene rings is 1. The minimum atomic E-state index is -0.546. The van der Waals surface area contributed by atoms with E-state index in [-0.39, 0.29) is 16.6 Å². The van der Waals surface area contributed by atoms with Crippen molar-refractivity contribution in [3.63, 3.8) is 0 Å². The smallest absolute Gasteiger partial charge is 0.298 e. The number of hydrogen-bond acceptors (Lipinski definition) is 4. The molecule has 6 nitrogen and oxygen atoms in total. The van der Waals surface area contributed by atoms with E-state index < -0.39 is 11.2 Å². The lowest BCUT2D eigenvalue weighted by atomic mass is 10.2. The number of rotatable bonds is 3. The number of hydrogen-bond donors (Lipinski definition) is 1. The molecule has 6 heteroatoms. The molecule has 3 aromatic rings. The zero-order valence-corrected chi connectivity index (χ0v) is 10.9. The molecule has 0 aliphatic rings. The maximum atomic E-state index is 12.0. The summed E-state index contributed by atoms with van der Waals surface area (Å²) < 4.78 is 1.38. The number of fused-ring (bicyclic) bond motifs is 1. The van der Waals surface area contributed by atoms with Crippen molar-refractivity contribution in [2.75, 3.05) is 0 Å². The zero-order chi connectivity index (χ0) is 14.8. The molecule has 2 heterocycles. The first-order valence-corrected chi connectivity index (χ1v) is 6.31. The van der Waals surface area contributed by atoms with Crippen molar-refractivity contribution >= 4 is 17.3 Å². The van der Waals surface area contributed by atoms with Crippen molar-refractivity contribution in [3.05, 3.63) is 74.6 Å². The monoisotopic (exact) mass is 281 g/mol. The van der Waals surface area contributed by atoms with Gasteiger partial charge >= 0.3 is 5.69 Å². The van der Waals surface area contributed by atoms with Gasteiger partial charge in [-0.25, -0.2) is 9.78 Å². The van der Waals surface area contributed by atoms with Crippen molar-refractivity contribution in [2.24, 2.45) is 0 Å². The van der Waals surface area contributed by atoms with Gasteiger partial charge in [0.25, 0.3) is 5.56 Å². The number of carbonyl (C=O) groups excluding carboxylic acids is 1. The fourth-order valence-corrected chi connectivity index (χ4v) is 2.16. The Morgan fingerprint density at radius 2 is 1.95 bits per heavy atom. The molecule has 0 unspecified atom stereocenters. The number of aromatic nitrogens is 3. The number of pyridine rings is 1. The Labute approximate surface area is 118 Å². The van der Waals surface area contributed by atoms with Crippen molar-refractivity contribution in [2.45, 2.75) is 6.54 Å². The summed E-state index contributed by atoms with van der Waals surface area (Å²) in [6, 6.07) is 10.8. The minimum Gasteiger partial charge on any atom is -0.298 e. The quantitative estimate of drug-likeness (QED) is 0.724.